The molecule has 0 bridgehead atoms. The highest BCUT2D eigenvalue weighted by atomic mass is 16.5. The monoisotopic (exact) mass is 418 g/mol. The number of hydrogen-bond donors (Lipinski definition) is 0. The maximum absolute atomic E-state index is 13.1. The van der Waals surface area contributed by atoms with E-state index in [1.807, 2.05) is 41.4 Å². The van der Waals surface area contributed by atoms with Crippen LogP contribution in [0, 0.1) is 0 Å². The van der Waals surface area contributed by atoms with Crippen LogP contribution in [0.4, 0.5) is 0 Å². The molecule has 1 aliphatic heterocycles. The maximum atomic E-state index is 13.1. The van der Waals surface area contributed by atoms with E-state index in [4.69, 9.17) is 4.74 Å². The average molecular weight is 418 g/mol. The summed E-state index contributed by atoms with van der Waals surface area (Å²) >= 11 is 0. The molecule has 4 rings (SSSR count). The zero-order valence-electron chi connectivity index (χ0n) is 17.8. The Labute approximate surface area is 181 Å². The van der Waals surface area contributed by atoms with E-state index in [0.29, 0.717) is 6.54 Å². The molecule has 0 spiro atoms. The van der Waals surface area contributed by atoms with Gasteiger partial charge in [0.25, 0.3) is 11.5 Å². The molecule has 7 nitrogen and oxygen atoms in total. The van der Waals surface area contributed by atoms with Gasteiger partial charge in [-0.05, 0) is 54.7 Å². The van der Waals surface area contributed by atoms with Crippen molar-refractivity contribution in [3.05, 3.63) is 87.6 Å². The van der Waals surface area contributed by atoms with Crippen LogP contribution in [-0.2, 0) is 13.5 Å². The summed E-state index contributed by atoms with van der Waals surface area (Å²) in [6.07, 6.45) is 5.51. The minimum atomic E-state index is -0.233. The van der Waals surface area contributed by atoms with E-state index in [2.05, 4.69) is 16.1 Å². The molecule has 1 unspecified atom stereocenters. The van der Waals surface area contributed by atoms with Gasteiger partial charge in [0.1, 0.15) is 11.4 Å². The second-order valence-electron chi connectivity index (χ2n) is 7.80. The number of aromatic nitrogens is 3. The van der Waals surface area contributed by atoms with Gasteiger partial charge in [-0.15, -0.1) is 0 Å². The average Bonchev–Trinajstić information content (AvgIpc) is 2.81. The Morgan fingerprint density at radius 1 is 1.10 bits per heavy atom. The van der Waals surface area contributed by atoms with Crippen LogP contribution in [0.3, 0.4) is 0 Å². The Balaban J connectivity index is 1.51. The summed E-state index contributed by atoms with van der Waals surface area (Å²) in [5, 5.41) is 4.14. The Morgan fingerprint density at radius 2 is 1.90 bits per heavy atom. The van der Waals surface area contributed by atoms with Gasteiger partial charge in [-0.3, -0.25) is 14.6 Å². The molecule has 1 saturated heterocycles. The number of rotatable bonds is 5. The molecule has 0 N–H and O–H groups in total. The molecule has 31 heavy (non-hydrogen) atoms. The van der Waals surface area contributed by atoms with Crippen molar-refractivity contribution in [2.45, 2.75) is 31.7 Å². The second-order valence-corrected chi connectivity index (χ2v) is 7.80. The Hall–Kier alpha value is -3.48. The predicted octanol–water partition coefficient (Wildman–Crippen LogP) is 3.14. The Morgan fingerprint density at radius 3 is 2.58 bits per heavy atom. The summed E-state index contributed by atoms with van der Waals surface area (Å²) in [6.45, 7) is 0.668. The molecule has 0 aliphatic carbocycles. The van der Waals surface area contributed by atoms with Crippen LogP contribution in [0.5, 0.6) is 5.75 Å². The zero-order chi connectivity index (χ0) is 21.8. The van der Waals surface area contributed by atoms with Crippen LogP contribution in [0.15, 0.2) is 59.5 Å². The summed E-state index contributed by atoms with van der Waals surface area (Å²) in [5.74, 6) is 0.685. The lowest BCUT2D eigenvalue weighted by Gasteiger charge is -2.35. The van der Waals surface area contributed by atoms with E-state index in [9.17, 15) is 9.59 Å². The van der Waals surface area contributed by atoms with Gasteiger partial charge >= 0.3 is 0 Å². The molecule has 0 saturated carbocycles. The number of methoxy groups -OCH3 is 1. The van der Waals surface area contributed by atoms with Crippen molar-refractivity contribution in [1.82, 2.24) is 19.7 Å². The summed E-state index contributed by atoms with van der Waals surface area (Å²) in [5.41, 5.74) is 3.22. The zero-order valence-corrected chi connectivity index (χ0v) is 17.8. The van der Waals surface area contributed by atoms with E-state index in [1.165, 1.54) is 16.8 Å². The first-order chi connectivity index (χ1) is 15.0. The minimum Gasteiger partial charge on any atom is -0.497 e. The van der Waals surface area contributed by atoms with Gasteiger partial charge in [0.2, 0.25) is 0 Å². The van der Waals surface area contributed by atoms with Gasteiger partial charge in [-0.2, -0.15) is 5.10 Å². The van der Waals surface area contributed by atoms with Crippen LogP contribution in [0.2, 0.25) is 0 Å². The standard InChI is InChI=1S/C24H26N4O3/c1-27-23(29)13-12-21(26-27)24(30)28-14-4-3-5-22(28)18-8-9-19(25-16-18)15-17-6-10-20(31-2)11-7-17/h6-13,16,22H,3-5,14-15H2,1-2H3. The summed E-state index contributed by atoms with van der Waals surface area (Å²) in [6, 6.07) is 14.9. The van der Waals surface area contributed by atoms with Crippen molar-refractivity contribution >= 4 is 5.91 Å². The van der Waals surface area contributed by atoms with E-state index >= 15 is 0 Å². The van der Waals surface area contributed by atoms with Crippen molar-refractivity contribution in [2.24, 2.45) is 7.05 Å². The number of likely N-dealkylation sites (tertiary alicyclic amines) is 1. The number of ether oxygens (including phenoxy) is 1. The molecule has 1 fully saturated rings. The molecular weight excluding hydrogens is 392 g/mol. The molecule has 2 aromatic heterocycles. The molecule has 1 aliphatic rings. The molecule has 160 valence electrons. The van der Waals surface area contributed by atoms with Crippen LogP contribution < -0.4 is 10.3 Å². The SMILES string of the molecule is COc1ccc(Cc2ccc(C3CCCCN3C(=O)c3ccc(=O)n(C)n3)cn2)cc1. The number of carbonyl (C=O) groups is 1. The fourth-order valence-corrected chi connectivity index (χ4v) is 3.97. The summed E-state index contributed by atoms with van der Waals surface area (Å²) in [4.78, 5) is 31.2. The van der Waals surface area contributed by atoms with Gasteiger partial charge in [0, 0.05) is 38.0 Å². The minimum absolute atomic E-state index is 0.0391. The number of hydrogen-bond acceptors (Lipinski definition) is 5. The van der Waals surface area contributed by atoms with Crippen molar-refractivity contribution in [3.8, 4) is 5.75 Å². The Bertz CT molecular complexity index is 1110. The van der Waals surface area contributed by atoms with E-state index < -0.39 is 0 Å². The van der Waals surface area contributed by atoms with Gasteiger partial charge in [-0.1, -0.05) is 18.2 Å². The number of aryl methyl sites for hydroxylation is 1. The van der Waals surface area contributed by atoms with Crippen molar-refractivity contribution in [1.29, 1.82) is 0 Å². The van der Waals surface area contributed by atoms with Crippen LogP contribution in [-0.4, -0.2) is 39.2 Å². The first-order valence-corrected chi connectivity index (χ1v) is 10.5. The van der Waals surface area contributed by atoms with Crippen LogP contribution >= 0.6 is 0 Å². The second kappa shape index (κ2) is 9.12. The predicted molar refractivity (Wildman–Crippen MR) is 117 cm³/mol. The lowest BCUT2D eigenvalue weighted by Crippen LogP contribution is -2.39. The van der Waals surface area contributed by atoms with Crippen molar-refractivity contribution < 1.29 is 9.53 Å². The first kappa shape index (κ1) is 20.8. The fraction of sp³-hybridized carbons (Fsp3) is 0.333. The molecule has 1 amide bonds. The first-order valence-electron chi connectivity index (χ1n) is 10.5. The van der Waals surface area contributed by atoms with E-state index in [1.54, 1.807) is 14.2 Å². The molecule has 0 radical (unpaired) electrons. The van der Waals surface area contributed by atoms with Gasteiger partial charge in [0.15, 0.2) is 0 Å². The normalized spacial score (nSPS) is 16.2. The van der Waals surface area contributed by atoms with Gasteiger partial charge in [-0.25, -0.2) is 4.68 Å². The van der Waals surface area contributed by atoms with Crippen molar-refractivity contribution in [2.75, 3.05) is 13.7 Å². The number of carbonyl (C=O) groups excluding carboxylic acids is 1. The summed E-state index contributed by atoms with van der Waals surface area (Å²) in [7, 11) is 3.21. The molecule has 1 atom stereocenters. The number of pyridine rings is 1. The molecule has 3 aromatic rings. The topological polar surface area (TPSA) is 77.3 Å². The highest BCUT2D eigenvalue weighted by molar-refractivity contribution is 5.92. The number of benzene rings is 1. The molecule has 3 heterocycles. The van der Waals surface area contributed by atoms with E-state index in [-0.39, 0.29) is 23.2 Å². The molecule has 1 aromatic carbocycles. The number of amides is 1. The number of piperidine rings is 1. The smallest absolute Gasteiger partial charge is 0.274 e. The quantitative estimate of drug-likeness (QED) is 0.636. The lowest BCUT2D eigenvalue weighted by molar-refractivity contribution is 0.0602. The third-order valence-electron chi connectivity index (χ3n) is 5.72. The van der Waals surface area contributed by atoms with E-state index in [0.717, 1.165) is 48.3 Å². The highest BCUT2D eigenvalue weighted by Gasteiger charge is 2.29. The van der Waals surface area contributed by atoms with Gasteiger partial charge in [0.05, 0.1) is 13.2 Å². The molecule has 7 heteroatoms. The largest absolute Gasteiger partial charge is 0.497 e. The van der Waals surface area contributed by atoms with Gasteiger partial charge < -0.3 is 9.64 Å². The summed E-state index contributed by atoms with van der Waals surface area (Å²) < 4.78 is 6.40. The fourth-order valence-electron chi connectivity index (χ4n) is 3.97. The van der Waals surface area contributed by atoms with Crippen LogP contribution in [0.1, 0.15) is 52.6 Å². The molecular formula is C24H26N4O3. The third-order valence-corrected chi connectivity index (χ3v) is 5.72. The lowest BCUT2D eigenvalue weighted by atomic mass is 9.95. The van der Waals surface area contributed by atoms with Crippen molar-refractivity contribution in [3.63, 3.8) is 0 Å². The number of nitrogens with zero attached hydrogens (tertiary/aromatic N) is 4. The maximum Gasteiger partial charge on any atom is 0.274 e. The Kier molecular flexibility index (Phi) is 6.11. The highest BCUT2D eigenvalue weighted by Crippen LogP contribution is 2.31. The third kappa shape index (κ3) is 4.66. The van der Waals surface area contributed by atoms with Crippen LogP contribution in [0.25, 0.3) is 0 Å².